The molecule has 0 aliphatic carbocycles. The smallest absolute Gasteiger partial charge is 0.188 e. The van der Waals surface area contributed by atoms with Crippen LogP contribution in [-0.4, -0.2) is 19.3 Å². The average Bonchev–Trinajstić information content (AvgIpc) is 2.19. The Hall–Kier alpha value is -0.840. The second kappa shape index (κ2) is 4.59. The van der Waals surface area contributed by atoms with Crippen LogP contribution < -0.4 is 0 Å². The Morgan fingerprint density at radius 1 is 1.36 bits per heavy atom. The zero-order chi connectivity index (χ0) is 10.7. The van der Waals surface area contributed by atoms with E-state index >= 15 is 0 Å². The highest BCUT2D eigenvalue weighted by Gasteiger charge is 2.20. The molecule has 0 spiro atoms. The number of aromatic hydroxyl groups is 1. The third-order valence-electron chi connectivity index (χ3n) is 1.77. The molecular weight excluding hydrogens is 211 g/mol. The first-order chi connectivity index (χ1) is 6.61. The maximum Gasteiger partial charge on any atom is 0.188 e. The van der Waals surface area contributed by atoms with Crippen LogP contribution in [0, 0.1) is 5.82 Å². The van der Waals surface area contributed by atoms with E-state index in [1.54, 1.807) is 0 Å². The van der Waals surface area contributed by atoms with E-state index in [-0.39, 0.29) is 16.3 Å². The normalized spacial score (nSPS) is 10.9. The van der Waals surface area contributed by atoms with Crippen molar-refractivity contribution in [2.45, 2.75) is 6.29 Å². The van der Waals surface area contributed by atoms with Gasteiger partial charge >= 0.3 is 0 Å². The maximum absolute atomic E-state index is 13.0. The molecule has 0 aromatic heterocycles. The second-order valence-corrected chi connectivity index (χ2v) is 2.98. The van der Waals surface area contributed by atoms with Crippen LogP contribution in [0.3, 0.4) is 0 Å². The van der Waals surface area contributed by atoms with Crippen molar-refractivity contribution in [3.63, 3.8) is 0 Å². The van der Waals surface area contributed by atoms with E-state index in [4.69, 9.17) is 21.1 Å². The molecule has 0 radical (unpaired) electrons. The van der Waals surface area contributed by atoms with E-state index in [2.05, 4.69) is 0 Å². The summed E-state index contributed by atoms with van der Waals surface area (Å²) in [6.07, 6.45) is -0.877. The summed E-state index contributed by atoms with van der Waals surface area (Å²) in [5, 5.41) is 9.24. The molecule has 1 rings (SSSR count). The first-order valence-electron chi connectivity index (χ1n) is 3.84. The van der Waals surface area contributed by atoms with Gasteiger partial charge in [0, 0.05) is 14.2 Å². The highest BCUT2D eigenvalue weighted by Crippen LogP contribution is 2.35. The van der Waals surface area contributed by atoms with Gasteiger partial charge in [0.05, 0.1) is 10.6 Å². The van der Waals surface area contributed by atoms with Crippen molar-refractivity contribution >= 4 is 11.6 Å². The van der Waals surface area contributed by atoms with Gasteiger partial charge in [0.1, 0.15) is 11.6 Å². The lowest BCUT2D eigenvalue weighted by molar-refractivity contribution is -0.107. The quantitative estimate of drug-likeness (QED) is 0.796. The number of hydrogen-bond acceptors (Lipinski definition) is 3. The van der Waals surface area contributed by atoms with Crippen LogP contribution in [0.25, 0.3) is 0 Å². The number of halogens is 2. The third-order valence-corrected chi connectivity index (χ3v) is 2.16. The van der Waals surface area contributed by atoms with E-state index in [1.165, 1.54) is 20.3 Å². The monoisotopic (exact) mass is 220 g/mol. The molecule has 1 N–H and O–H groups in total. The standard InChI is InChI=1S/C9H10ClFO3/c1-13-9(14-2)7-6(12)4-3-5(11)8(7)10/h3-4,9,12H,1-2H3. The summed E-state index contributed by atoms with van der Waals surface area (Å²) < 4.78 is 22.8. The molecule has 0 saturated carbocycles. The molecule has 0 aliphatic heterocycles. The van der Waals surface area contributed by atoms with Crippen LogP contribution in [-0.2, 0) is 9.47 Å². The summed E-state index contributed by atoms with van der Waals surface area (Å²) in [6.45, 7) is 0. The molecule has 0 bridgehead atoms. The molecule has 0 unspecified atom stereocenters. The van der Waals surface area contributed by atoms with Gasteiger partial charge in [0.15, 0.2) is 6.29 Å². The lowest BCUT2D eigenvalue weighted by atomic mass is 10.2. The fraction of sp³-hybridized carbons (Fsp3) is 0.333. The Morgan fingerprint density at radius 2 is 1.93 bits per heavy atom. The van der Waals surface area contributed by atoms with E-state index in [1.807, 2.05) is 0 Å². The maximum atomic E-state index is 13.0. The number of phenolic OH excluding ortho intramolecular Hbond substituents is 1. The summed E-state index contributed by atoms with van der Waals surface area (Å²) >= 11 is 5.66. The van der Waals surface area contributed by atoms with Crippen LogP contribution in [0.2, 0.25) is 5.02 Å². The van der Waals surface area contributed by atoms with Crippen molar-refractivity contribution in [1.82, 2.24) is 0 Å². The molecule has 0 amide bonds. The van der Waals surface area contributed by atoms with Gasteiger partial charge in [0.2, 0.25) is 0 Å². The lowest BCUT2D eigenvalue weighted by Gasteiger charge is -2.16. The van der Waals surface area contributed by atoms with Crippen molar-refractivity contribution in [3.8, 4) is 5.75 Å². The molecule has 0 aliphatic rings. The Balaban J connectivity index is 3.23. The lowest BCUT2D eigenvalue weighted by Crippen LogP contribution is -2.05. The first-order valence-corrected chi connectivity index (χ1v) is 4.22. The molecule has 0 atom stereocenters. The molecular formula is C9H10ClFO3. The summed E-state index contributed by atoms with van der Waals surface area (Å²) in [5.41, 5.74) is 0.0941. The van der Waals surface area contributed by atoms with Gasteiger partial charge in [-0.3, -0.25) is 0 Å². The van der Waals surface area contributed by atoms with E-state index in [0.29, 0.717) is 0 Å². The predicted molar refractivity (Wildman–Crippen MR) is 49.8 cm³/mol. The highest BCUT2D eigenvalue weighted by atomic mass is 35.5. The molecule has 78 valence electrons. The van der Waals surface area contributed by atoms with Crippen molar-refractivity contribution in [2.24, 2.45) is 0 Å². The molecule has 0 heterocycles. The minimum Gasteiger partial charge on any atom is -0.507 e. The van der Waals surface area contributed by atoms with Crippen LogP contribution in [0.1, 0.15) is 11.9 Å². The van der Waals surface area contributed by atoms with Gasteiger partial charge in [-0.15, -0.1) is 0 Å². The number of methoxy groups -OCH3 is 2. The molecule has 3 nitrogen and oxygen atoms in total. The zero-order valence-electron chi connectivity index (χ0n) is 7.75. The first kappa shape index (κ1) is 11.2. The summed E-state index contributed by atoms with van der Waals surface area (Å²) in [7, 11) is 2.74. The molecule has 0 fully saturated rings. The molecule has 0 saturated heterocycles. The minimum atomic E-state index is -0.877. The average molecular weight is 221 g/mol. The van der Waals surface area contributed by atoms with Crippen molar-refractivity contribution < 1.29 is 19.0 Å². The number of hydrogen-bond donors (Lipinski definition) is 1. The number of ether oxygens (including phenoxy) is 2. The Morgan fingerprint density at radius 3 is 2.43 bits per heavy atom. The SMILES string of the molecule is COC(OC)c1c(O)ccc(F)c1Cl. The summed E-state index contributed by atoms with van der Waals surface area (Å²) in [4.78, 5) is 0. The third kappa shape index (κ3) is 1.97. The van der Waals surface area contributed by atoms with Crippen LogP contribution in [0.15, 0.2) is 12.1 Å². The predicted octanol–water partition coefficient (Wildman–Crippen LogP) is 2.48. The number of phenols is 1. The van der Waals surface area contributed by atoms with E-state index in [0.717, 1.165) is 6.07 Å². The Labute approximate surface area is 86.0 Å². The van der Waals surface area contributed by atoms with Gasteiger partial charge in [-0.05, 0) is 12.1 Å². The van der Waals surface area contributed by atoms with Crippen molar-refractivity contribution in [3.05, 3.63) is 28.5 Å². The largest absolute Gasteiger partial charge is 0.507 e. The van der Waals surface area contributed by atoms with Gasteiger partial charge in [-0.2, -0.15) is 0 Å². The van der Waals surface area contributed by atoms with Gasteiger partial charge in [-0.25, -0.2) is 4.39 Å². The van der Waals surface area contributed by atoms with E-state index < -0.39 is 12.1 Å². The van der Waals surface area contributed by atoms with Crippen LogP contribution in [0.4, 0.5) is 4.39 Å². The summed E-state index contributed by atoms with van der Waals surface area (Å²) in [6, 6.07) is 2.27. The Kier molecular flexibility index (Phi) is 3.69. The van der Waals surface area contributed by atoms with Crippen LogP contribution >= 0.6 is 11.6 Å². The fourth-order valence-electron chi connectivity index (χ4n) is 1.11. The number of rotatable bonds is 3. The van der Waals surface area contributed by atoms with Gasteiger partial charge in [0.25, 0.3) is 0 Å². The van der Waals surface area contributed by atoms with Gasteiger partial charge < -0.3 is 14.6 Å². The molecule has 1 aromatic rings. The number of benzene rings is 1. The molecule has 1 aromatic carbocycles. The summed E-state index contributed by atoms with van der Waals surface area (Å²) in [5.74, 6) is -0.788. The zero-order valence-corrected chi connectivity index (χ0v) is 8.51. The molecule has 5 heteroatoms. The van der Waals surface area contributed by atoms with Gasteiger partial charge in [-0.1, -0.05) is 11.6 Å². The second-order valence-electron chi connectivity index (χ2n) is 2.60. The van der Waals surface area contributed by atoms with Crippen LogP contribution in [0.5, 0.6) is 5.75 Å². The Bertz CT molecular complexity index is 326. The minimum absolute atomic E-state index is 0.0941. The van der Waals surface area contributed by atoms with Crippen molar-refractivity contribution in [1.29, 1.82) is 0 Å². The van der Waals surface area contributed by atoms with E-state index in [9.17, 15) is 9.50 Å². The van der Waals surface area contributed by atoms with Crippen molar-refractivity contribution in [2.75, 3.05) is 14.2 Å². The highest BCUT2D eigenvalue weighted by molar-refractivity contribution is 6.31. The molecule has 14 heavy (non-hydrogen) atoms. The topological polar surface area (TPSA) is 38.7 Å². The fourth-order valence-corrected chi connectivity index (χ4v) is 1.36.